The number of carboxylic acid groups (broad SMARTS) is 1. The molecule has 0 aliphatic heterocycles. The van der Waals surface area contributed by atoms with Gasteiger partial charge in [-0.05, 0) is 43.7 Å². The van der Waals surface area contributed by atoms with Gasteiger partial charge >= 0.3 is 5.97 Å². The lowest BCUT2D eigenvalue weighted by atomic mass is 10.2. The smallest absolute Gasteiger partial charge is 0.328 e. The Kier molecular flexibility index (Phi) is 6.21. The molecular formula is C20H17ClN4O6. The zero-order valence-electron chi connectivity index (χ0n) is 16.4. The Morgan fingerprint density at radius 1 is 1.26 bits per heavy atom. The van der Waals surface area contributed by atoms with Crippen LogP contribution in [-0.2, 0) is 4.79 Å². The van der Waals surface area contributed by atoms with E-state index in [9.17, 15) is 24.8 Å². The van der Waals surface area contributed by atoms with Gasteiger partial charge in [0.2, 0.25) is 0 Å². The number of aryl methyl sites for hydroxylation is 1. The second-order valence-corrected chi connectivity index (χ2v) is 7.05. The highest BCUT2D eigenvalue weighted by Crippen LogP contribution is 2.32. The van der Waals surface area contributed by atoms with Crippen LogP contribution >= 0.6 is 11.6 Å². The van der Waals surface area contributed by atoms with Crippen LogP contribution in [0.25, 0.3) is 0 Å². The van der Waals surface area contributed by atoms with Crippen molar-refractivity contribution in [2.45, 2.75) is 19.9 Å². The first-order chi connectivity index (χ1) is 14.7. The molecule has 0 bridgehead atoms. The molecule has 10 nitrogen and oxygen atoms in total. The molecule has 2 N–H and O–H groups in total. The number of halogens is 1. The van der Waals surface area contributed by atoms with Crippen LogP contribution in [0.3, 0.4) is 0 Å². The summed E-state index contributed by atoms with van der Waals surface area (Å²) in [6, 6.07) is 9.01. The second-order valence-electron chi connectivity index (χ2n) is 6.61. The van der Waals surface area contributed by atoms with Crippen molar-refractivity contribution in [1.82, 2.24) is 9.78 Å². The van der Waals surface area contributed by atoms with E-state index in [4.69, 9.17) is 16.3 Å². The topological polar surface area (TPSA) is 137 Å². The lowest BCUT2D eigenvalue weighted by molar-refractivity contribution is -0.384. The Balaban J connectivity index is 1.91. The lowest BCUT2D eigenvalue weighted by Gasteiger charge is -2.13. The number of ether oxygens (including phenoxy) is 1. The monoisotopic (exact) mass is 444 g/mol. The molecule has 0 spiro atoms. The maximum atomic E-state index is 12.7. The van der Waals surface area contributed by atoms with Crippen molar-refractivity contribution in [2.24, 2.45) is 0 Å². The van der Waals surface area contributed by atoms with Crippen molar-refractivity contribution in [3.63, 3.8) is 0 Å². The molecule has 1 unspecified atom stereocenters. The van der Waals surface area contributed by atoms with Crippen LogP contribution in [0.1, 0.15) is 29.0 Å². The predicted octanol–water partition coefficient (Wildman–Crippen LogP) is 4.44. The number of anilines is 1. The molecule has 1 atom stereocenters. The molecular weight excluding hydrogens is 428 g/mol. The summed E-state index contributed by atoms with van der Waals surface area (Å²) < 4.78 is 6.80. The molecule has 0 aliphatic rings. The van der Waals surface area contributed by atoms with Crippen molar-refractivity contribution < 1.29 is 24.4 Å². The molecule has 1 aromatic heterocycles. The molecule has 160 valence electrons. The van der Waals surface area contributed by atoms with Gasteiger partial charge in [-0.3, -0.25) is 14.9 Å². The van der Waals surface area contributed by atoms with Crippen LogP contribution in [-0.4, -0.2) is 31.7 Å². The number of carboxylic acids is 1. The van der Waals surface area contributed by atoms with Gasteiger partial charge in [0.25, 0.3) is 11.6 Å². The van der Waals surface area contributed by atoms with Crippen LogP contribution in [0.5, 0.6) is 11.5 Å². The Hall–Kier alpha value is -3.92. The molecule has 3 rings (SSSR count). The quantitative estimate of drug-likeness (QED) is 0.405. The highest BCUT2D eigenvalue weighted by Gasteiger charge is 2.22. The Morgan fingerprint density at radius 3 is 2.65 bits per heavy atom. The maximum Gasteiger partial charge on any atom is 0.328 e. The standard InChI is InChI=1S/C20H17ClN4O6/c1-11-7-13(21)3-4-18(11)31-16-9-14(8-15(10-16)25(29)30)23-19(26)17-5-6-22-24(17)12(2)20(27)28/h3-10,12H,1-2H3,(H,23,26)(H,27,28). The van der Waals surface area contributed by atoms with E-state index in [-0.39, 0.29) is 22.8 Å². The zero-order chi connectivity index (χ0) is 22.7. The molecule has 3 aromatic rings. The SMILES string of the molecule is Cc1cc(Cl)ccc1Oc1cc(NC(=O)c2ccnn2C(C)C(=O)O)cc([N+](=O)[O-])c1. The number of hydrogen-bond acceptors (Lipinski definition) is 6. The molecule has 2 aromatic carbocycles. The van der Waals surface area contributed by atoms with Crippen molar-refractivity contribution in [3.05, 3.63) is 75.1 Å². The van der Waals surface area contributed by atoms with Gasteiger partial charge in [-0.2, -0.15) is 5.10 Å². The fraction of sp³-hybridized carbons (Fsp3) is 0.150. The molecule has 0 fully saturated rings. The average molecular weight is 445 g/mol. The minimum absolute atomic E-state index is 0.0163. The van der Waals surface area contributed by atoms with E-state index in [1.165, 1.54) is 37.4 Å². The number of benzene rings is 2. The third kappa shape index (κ3) is 4.98. The van der Waals surface area contributed by atoms with E-state index < -0.39 is 22.8 Å². The molecule has 0 aliphatic carbocycles. The second kappa shape index (κ2) is 8.84. The number of aliphatic carboxylic acids is 1. The number of hydrogen-bond donors (Lipinski definition) is 2. The molecule has 1 heterocycles. The Bertz CT molecular complexity index is 1180. The van der Waals surface area contributed by atoms with Crippen molar-refractivity contribution in [1.29, 1.82) is 0 Å². The summed E-state index contributed by atoms with van der Waals surface area (Å²) in [5.41, 5.74) is 0.497. The minimum atomic E-state index is -1.16. The number of amides is 1. The summed E-state index contributed by atoms with van der Waals surface area (Å²) in [6.45, 7) is 3.14. The fourth-order valence-electron chi connectivity index (χ4n) is 2.78. The Morgan fingerprint density at radius 2 is 2.00 bits per heavy atom. The fourth-order valence-corrected chi connectivity index (χ4v) is 3.00. The number of aromatic nitrogens is 2. The van der Waals surface area contributed by atoms with Gasteiger partial charge in [0.15, 0.2) is 0 Å². The molecule has 1 amide bonds. The van der Waals surface area contributed by atoms with Crippen molar-refractivity contribution in [3.8, 4) is 11.5 Å². The minimum Gasteiger partial charge on any atom is -0.480 e. The lowest BCUT2D eigenvalue weighted by Crippen LogP contribution is -2.24. The van der Waals surface area contributed by atoms with Gasteiger partial charge in [-0.25, -0.2) is 9.48 Å². The van der Waals surface area contributed by atoms with E-state index in [2.05, 4.69) is 10.4 Å². The molecule has 11 heteroatoms. The number of carbonyl (C=O) groups is 2. The summed E-state index contributed by atoms with van der Waals surface area (Å²) in [6.07, 6.45) is 1.29. The van der Waals surface area contributed by atoms with Crippen LogP contribution in [0.15, 0.2) is 48.7 Å². The van der Waals surface area contributed by atoms with Gasteiger partial charge in [0.05, 0.1) is 16.7 Å². The van der Waals surface area contributed by atoms with Gasteiger partial charge in [0, 0.05) is 23.4 Å². The first kappa shape index (κ1) is 21.8. The van der Waals surface area contributed by atoms with E-state index in [1.54, 1.807) is 25.1 Å². The van der Waals surface area contributed by atoms with E-state index in [0.29, 0.717) is 10.8 Å². The van der Waals surface area contributed by atoms with Gasteiger partial charge in [0.1, 0.15) is 23.2 Å². The number of nitro groups is 1. The average Bonchev–Trinajstić information content (AvgIpc) is 3.19. The van der Waals surface area contributed by atoms with Gasteiger partial charge in [-0.15, -0.1) is 0 Å². The summed E-state index contributed by atoms with van der Waals surface area (Å²) in [4.78, 5) is 34.6. The normalized spacial score (nSPS) is 11.6. The summed E-state index contributed by atoms with van der Waals surface area (Å²) in [5, 5.41) is 27.4. The number of nitrogens with zero attached hydrogens (tertiary/aromatic N) is 3. The van der Waals surface area contributed by atoms with Gasteiger partial charge < -0.3 is 15.2 Å². The van der Waals surface area contributed by atoms with Crippen LogP contribution < -0.4 is 10.1 Å². The largest absolute Gasteiger partial charge is 0.480 e. The number of carbonyl (C=O) groups excluding carboxylic acids is 1. The number of non-ortho nitro benzene ring substituents is 1. The predicted molar refractivity (Wildman–Crippen MR) is 112 cm³/mol. The Labute approximate surface area is 181 Å². The van der Waals surface area contributed by atoms with Crippen molar-refractivity contribution in [2.75, 3.05) is 5.32 Å². The molecule has 0 saturated heterocycles. The van der Waals surface area contributed by atoms with Crippen molar-refractivity contribution >= 4 is 34.9 Å². The maximum absolute atomic E-state index is 12.7. The van der Waals surface area contributed by atoms with Crippen LogP contribution in [0.2, 0.25) is 5.02 Å². The summed E-state index contributed by atoms with van der Waals surface area (Å²) >= 11 is 5.94. The number of nitro benzene ring substituents is 1. The van der Waals surface area contributed by atoms with E-state index in [1.807, 2.05) is 0 Å². The zero-order valence-corrected chi connectivity index (χ0v) is 17.2. The molecule has 0 saturated carbocycles. The molecule has 31 heavy (non-hydrogen) atoms. The van der Waals surface area contributed by atoms with Gasteiger partial charge in [-0.1, -0.05) is 11.6 Å². The first-order valence-corrected chi connectivity index (χ1v) is 9.34. The molecule has 0 radical (unpaired) electrons. The van der Waals surface area contributed by atoms with E-state index in [0.717, 1.165) is 10.2 Å². The summed E-state index contributed by atoms with van der Waals surface area (Å²) in [7, 11) is 0. The highest BCUT2D eigenvalue weighted by atomic mass is 35.5. The summed E-state index contributed by atoms with van der Waals surface area (Å²) in [5.74, 6) is -1.28. The van der Waals surface area contributed by atoms with Crippen LogP contribution in [0.4, 0.5) is 11.4 Å². The third-order valence-electron chi connectivity index (χ3n) is 4.35. The van der Waals surface area contributed by atoms with E-state index >= 15 is 0 Å². The van der Waals surface area contributed by atoms with Crippen LogP contribution in [0, 0.1) is 17.0 Å². The third-order valence-corrected chi connectivity index (χ3v) is 4.59. The number of rotatable bonds is 7. The highest BCUT2D eigenvalue weighted by molar-refractivity contribution is 6.30. The number of nitrogens with one attached hydrogen (secondary N) is 1. The first-order valence-electron chi connectivity index (χ1n) is 8.97.